The summed E-state index contributed by atoms with van der Waals surface area (Å²) in [6.07, 6.45) is -8.66. The normalized spacial score (nSPS) is 35.0. The molecule has 0 saturated carbocycles. The van der Waals surface area contributed by atoms with E-state index in [4.69, 9.17) is 58.1 Å². The van der Waals surface area contributed by atoms with E-state index in [1.807, 2.05) is 9.86 Å². The highest BCUT2D eigenvalue weighted by atomic mass is 127. The van der Waals surface area contributed by atoms with Crippen LogP contribution in [-0.4, -0.2) is 186 Å². The first-order valence-electron chi connectivity index (χ1n) is 14.0. The van der Waals surface area contributed by atoms with E-state index in [0.717, 1.165) is 0 Å². The quantitative estimate of drug-likeness (QED) is 0.0434. The second-order valence-electron chi connectivity index (χ2n) is 9.05. The fraction of sp³-hybridized carbons (Fsp3) is 1.00. The first-order valence-corrected chi connectivity index (χ1v) is 24.0. The number of nitrogens with zero attached hydrogens (tertiary/aromatic N) is 9. The van der Waals surface area contributed by atoms with Crippen molar-refractivity contribution < 1.29 is 65.3 Å². The summed E-state index contributed by atoms with van der Waals surface area (Å²) in [5.74, 6) is 0. The van der Waals surface area contributed by atoms with E-state index in [1.165, 1.54) is 14.2 Å². The van der Waals surface area contributed by atoms with E-state index in [0.29, 0.717) is 0 Å². The summed E-state index contributed by atoms with van der Waals surface area (Å²) in [6.45, 7) is -1.39. The smallest absolute Gasteiger partial charge is 0.181 e. The molecule has 0 spiro atoms. The number of hydrogen-bond donors (Lipinski definition) is 11. The molecule has 6 unspecified atom stereocenters. The number of azide groups is 3. The van der Waals surface area contributed by atoms with Gasteiger partial charge in [0.1, 0.15) is 42.1 Å². The first kappa shape index (κ1) is 63.5. The molecule has 0 aromatic carbocycles. The second kappa shape index (κ2) is 40.1. The van der Waals surface area contributed by atoms with E-state index < -0.39 is 104 Å². The first-order chi connectivity index (χ1) is 24.8. The third kappa shape index (κ3) is 22.9. The van der Waals surface area contributed by atoms with Gasteiger partial charge < -0.3 is 65.3 Å². The van der Waals surface area contributed by atoms with Gasteiger partial charge in [-0.15, -0.1) is 11.8 Å². The number of hydrogen-bond acceptors (Lipinski definition) is 18. The Labute approximate surface area is 376 Å². The maximum atomic E-state index is 9.69. The van der Waals surface area contributed by atoms with Crippen LogP contribution in [0.15, 0.2) is 15.3 Å². The van der Waals surface area contributed by atoms with Crippen molar-refractivity contribution in [1.29, 1.82) is 0 Å². The van der Waals surface area contributed by atoms with Gasteiger partial charge in [-0.05, 0) is 39.0 Å². The van der Waals surface area contributed by atoms with Crippen molar-refractivity contribution in [3.63, 3.8) is 0 Å². The molecule has 3 aliphatic rings. The fourth-order valence-corrected chi connectivity index (χ4v) is 4.96. The van der Waals surface area contributed by atoms with Gasteiger partial charge in [0.05, 0.1) is 58.7 Å². The lowest BCUT2D eigenvalue weighted by atomic mass is 9.97. The van der Waals surface area contributed by atoms with E-state index in [9.17, 15) is 30.6 Å². The predicted molar refractivity (Wildman–Crippen MR) is 238 cm³/mol. The maximum Gasteiger partial charge on any atom is 0.181 e. The molecule has 3 rings (SSSR count). The lowest BCUT2D eigenvalue weighted by Gasteiger charge is -2.39. The molecule has 0 amide bonds. The highest BCUT2D eigenvalue weighted by Gasteiger charge is 2.45. The number of ether oxygens (including phenoxy) is 3. The minimum atomic E-state index is -1.58. The van der Waals surface area contributed by atoms with Crippen LogP contribution in [0.25, 0.3) is 31.3 Å². The summed E-state index contributed by atoms with van der Waals surface area (Å²) in [4.78, 5) is 11.4. The van der Waals surface area contributed by atoms with Crippen molar-refractivity contribution in [1.82, 2.24) is 0 Å². The summed E-state index contributed by atoms with van der Waals surface area (Å²) in [7, 11) is 0. The average molecular weight is 1280 g/mol. The molecule has 316 valence electrons. The second-order valence-corrected chi connectivity index (χ2v) is 14.9. The number of aliphatic hydroxyl groups excluding tert-OH is 10. The van der Waals surface area contributed by atoms with Crippen molar-refractivity contribution in [2.75, 3.05) is 44.6 Å². The van der Waals surface area contributed by atoms with Crippen LogP contribution in [0, 0.1) is 0 Å². The zero-order valence-corrected chi connectivity index (χ0v) is 39.1. The van der Waals surface area contributed by atoms with Crippen molar-refractivity contribution in [3.8, 4) is 0 Å². The molecule has 10 N–H and O–H groups in total. The van der Waals surface area contributed by atoms with Crippen molar-refractivity contribution in [2.24, 2.45) is 15.3 Å². The number of halogens is 5. The highest BCUT2D eigenvalue weighted by molar-refractivity contribution is 14.2. The molecular formula is C24H50ClI4N9O13S2. The van der Waals surface area contributed by atoms with Gasteiger partial charge >= 0.3 is 0 Å². The Morgan fingerprint density at radius 1 is 0.623 bits per heavy atom. The molecule has 3 fully saturated rings. The lowest BCUT2D eigenvalue weighted by Crippen LogP contribution is -2.57. The van der Waals surface area contributed by atoms with Crippen molar-refractivity contribution in [3.05, 3.63) is 31.3 Å². The topological polar surface area (TPSA) is 376 Å². The third-order valence-electron chi connectivity index (χ3n) is 6.34. The van der Waals surface area contributed by atoms with Gasteiger partial charge in [0.2, 0.25) is 0 Å². The zero-order chi connectivity index (χ0) is 41.6. The Hall–Kier alpha value is 1.32. The average Bonchev–Trinajstić information content (AvgIpc) is 3.16. The summed E-state index contributed by atoms with van der Waals surface area (Å²) in [5.41, 5.74) is 22.9. The minimum absolute atomic E-state index is 0. The lowest BCUT2D eigenvalue weighted by molar-refractivity contribution is -0.258. The van der Waals surface area contributed by atoms with Crippen LogP contribution < -0.4 is 0 Å². The molecule has 53 heavy (non-hydrogen) atoms. The van der Waals surface area contributed by atoms with Gasteiger partial charge in [-0.2, -0.15) is 12.6 Å². The van der Waals surface area contributed by atoms with Gasteiger partial charge in [-0.3, -0.25) is 0 Å². The number of rotatable bonds is 7. The summed E-state index contributed by atoms with van der Waals surface area (Å²) < 4.78 is 15.9. The van der Waals surface area contributed by atoms with Gasteiger partial charge in [0.15, 0.2) is 11.9 Å². The highest BCUT2D eigenvalue weighted by Crippen LogP contribution is 2.29. The largest absolute Gasteiger partial charge is 0.394 e. The molecule has 0 aromatic heterocycles. The van der Waals surface area contributed by atoms with E-state index in [1.54, 1.807) is 12.5 Å². The molecule has 3 saturated heterocycles. The van der Waals surface area contributed by atoms with Crippen LogP contribution >= 0.6 is 126 Å². The Morgan fingerprint density at radius 2 is 0.925 bits per heavy atom. The van der Waals surface area contributed by atoms with Crippen LogP contribution in [0.5, 0.6) is 0 Å². The third-order valence-corrected chi connectivity index (χ3v) is 7.55. The van der Waals surface area contributed by atoms with Gasteiger partial charge in [0.25, 0.3) is 0 Å². The molecular weight excluding hydrogens is 1230 g/mol. The predicted octanol–water partition coefficient (Wildman–Crippen LogP) is 2.01. The molecule has 3 aliphatic heterocycles. The van der Waals surface area contributed by atoms with Crippen LogP contribution in [0.2, 0.25) is 0 Å². The zero-order valence-electron chi connectivity index (χ0n) is 28.0. The van der Waals surface area contributed by atoms with Gasteiger partial charge in [0, 0.05) is 14.7 Å². The molecule has 15 atom stereocenters. The summed E-state index contributed by atoms with van der Waals surface area (Å²) >= 11 is 19.2. The van der Waals surface area contributed by atoms with Crippen LogP contribution in [0.3, 0.4) is 0 Å². The molecule has 0 aromatic rings. The Bertz CT molecular complexity index is 976. The van der Waals surface area contributed by atoms with E-state index in [2.05, 4.69) is 138 Å². The molecule has 29 heteroatoms. The van der Waals surface area contributed by atoms with E-state index in [-0.39, 0.29) is 14.0 Å². The van der Waals surface area contributed by atoms with Crippen LogP contribution in [-0.2, 0) is 14.2 Å². The number of aliphatic hydroxyl groups is 10. The Balaban J connectivity index is -0.000000194. The molecule has 0 bridgehead atoms. The fourth-order valence-electron chi connectivity index (χ4n) is 3.99. The standard InChI is InChI=1S/C7H13N3O4S.C6H10ClN3O4.C6H11N3O5.CH2I2.2CH3I.CH4S.CH4/c1-15-7-6(13)4(9-10-8)5(12)3(2-11)14-7;7-6-5(13)3(9-10-8)4(12)2(1-11)14-6;7-9-8-3-4(11)2(1-10)14-6(13)5(3)12;2-1-3;3*1-2;/h3-7,11-13H,2H2,1H3;2-6,11-13H,1H2;2-6,10-13H,1H2;1H2;2*1H3;2H,1H3;1H4/t3?,4-,5-,6?,7+;2*2?,3-,4-,5?,6+;;;;;/m000...../s1. The van der Waals surface area contributed by atoms with Crippen LogP contribution in [0.4, 0.5) is 0 Å². The van der Waals surface area contributed by atoms with Crippen LogP contribution in [0.1, 0.15) is 7.43 Å². The number of alkyl halides is 5. The maximum absolute atomic E-state index is 9.69. The summed E-state index contributed by atoms with van der Waals surface area (Å²) in [6, 6.07) is -3.31. The monoisotopic (exact) mass is 1280 g/mol. The van der Waals surface area contributed by atoms with Crippen molar-refractivity contribution >= 4 is 126 Å². The number of thiol groups is 1. The van der Waals surface area contributed by atoms with Gasteiger partial charge in [-0.1, -0.05) is 125 Å². The summed E-state index contributed by atoms with van der Waals surface area (Å²) in [5, 5.41) is 102. The Morgan fingerprint density at radius 3 is 1.25 bits per heavy atom. The molecule has 3 heterocycles. The minimum Gasteiger partial charge on any atom is -0.394 e. The molecule has 22 nitrogen and oxygen atoms in total. The molecule has 0 aliphatic carbocycles. The number of thioether (sulfide) groups is 1. The SMILES string of the molecule is C.CI.CI.CS.CS[C@H]1OC(CO)[C@H](O)[C@H](N=[N+]=[N-])C1O.ICI.[N-]=[N+]=N[C@@H]1C(O)[C@H](Cl)OC(CO)[C@@H]1O.[N-]=[N+]=N[C@@H]1C(O)[C@H](O)OC(CO)[C@@H]1O. The Kier molecular flexibility index (Phi) is 48.1. The van der Waals surface area contributed by atoms with Crippen molar-refractivity contribution in [2.45, 2.75) is 97.8 Å². The molecule has 0 radical (unpaired) electrons. The van der Waals surface area contributed by atoms with Gasteiger partial charge in [-0.25, -0.2) is 0 Å². The van der Waals surface area contributed by atoms with E-state index >= 15 is 0 Å².